The van der Waals surface area contributed by atoms with Crippen molar-refractivity contribution in [3.05, 3.63) is 89.3 Å². The summed E-state index contributed by atoms with van der Waals surface area (Å²) in [6.07, 6.45) is 0. The smallest absolute Gasteiger partial charge is 0.337 e. The summed E-state index contributed by atoms with van der Waals surface area (Å²) >= 11 is 1.35. The minimum Gasteiger partial charge on any atom is -0.478 e. The lowest BCUT2D eigenvalue weighted by Gasteiger charge is -2.11. The Morgan fingerprint density at radius 1 is 0.857 bits per heavy atom. The summed E-state index contributed by atoms with van der Waals surface area (Å²) in [5, 5.41) is 13.1. The van der Waals surface area contributed by atoms with Crippen molar-refractivity contribution in [2.24, 2.45) is 0 Å². The van der Waals surface area contributed by atoms with Gasteiger partial charge in [-0.3, -0.25) is 4.79 Å². The standard InChI is InChI=1S/C22H15NO4S/c24-21(20-12-14-6-4-5-9-19(14)28-20)23-18-13-16(10-11-17(18)22(25)26)27-15-7-2-1-3-8-15/h1-13H,(H,23,24)(H,25,26). The van der Waals surface area contributed by atoms with Gasteiger partial charge in [0.05, 0.1) is 16.1 Å². The summed E-state index contributed by atoms with van der Waals surface area (Å²) < 4.78 is 6.74. The molecule has 0 aliphatic heterocycles. The average Bonchev–Trinajstić information content (AvgIpc) is 3.13. The van der Waals surface area contributed by atoms with E-state index in [9.17, 15) is 14.7 Å². The van der Waals surface area contributed by atoms with Crippen LogP contribution in [-0.2, 0) is 0 Å². The number of amides is 1. The van der Waals surface area contributed by atoms with Crippen molar-refractivity contribution in [2.45, 2.75) is 0 Å². The molecule has 0 aliphatic carbocycles. The number of hydrogen-bond acceptors (Lipinski definition) is 4. The highest BCUT2D eigenvalue weighted by Crippen LogP contribution is 2.29. The van der Waals surface area contributed by atoms with E-state index in [0.717, 1.165) is 10.1 Å². The third kappa shape index (κ3) is 3.72. The maximum Gasteiger partial charge on any atom is 0.337 e. The SMILES string of the molecule is O=C(Nc1cc(Oc2ccccc2)ccc1C(=O)O)c1cc2ccccc2s1. The van der Waals surface area contributed by atoms with Crippen LogP contribution in [0.15, 0.2) is 78.9 Å². The van der Waals surface area contributed by atoms with Gasteiger partial charge >= 0.3 is 5.97 Å². The molecule has 4 rings (SSSR count). The van der Waals surface area contributed by atoms with Gasteiger partial charge in [-0.05, 0) is 41.8 Å². The number of fused-ring (bicyclic) bond motifs is 1. The normalized spacial score (nSPS) is 10.6. The number of para-hydroxylation sites is 1. The quantitative estimate of drug-likeness (QED) is 0.463. The summed E-state index contributed by atoms with van der Waals surface area (Å²) in [5.41, 5.74) is 0.179. The molecule has 0 atom stereocenters. The van der Waals surface area contributed by atoms with E-state index in [0.29, 0.717) is 16.4 Å². The molecule has 3 aromatic carbocycles. The van der Waals surface area contributed by atoms with Crippen molar-refractivity contribution in [3.63, 3.8) is 0 Å². The topological polar surface area (TPSA) is 75.6 Å². The first kappa shape index (κ1) is 17.8. The molecule has 0 spiro atoms. The van der Waals surface area contributed by atoms with Crippen LogP contribution in [0.4, 0.5) is 5.69 Å². The van der Waals surface area contributed by atoms with Gasteiger partial charge in [-0.2, -0.15) is 0 Å². The largest absolute Gasteiger partial charge is 0.478 e. The van der Waals surface area contributed by atoms with Crippen LogP contribution in [-0.4, -0.2) is 17.0 Å². The van der Waals surface area contributed by atoms with Crippen LogP contribution in [0.25, 0.3) is 10.1 Å². The highest BCUT2D eigenvalue weighted by molar-refractivity contribution is 7.20. The van der Waals surface area contributed by atoms with E-state index < -0.39 is 5.97 Å². The summed E-state index contributed by atoms with van der Waals surface area (Å²) in [4.78, 5) is 24.8. The van der Waals surface area contributed by atoms with E-state index in [1.807, 2.05) is 42.5 Å². The van der Waals surface area contributed by atoms with E-state index in [-0.39, 0.29) is 17.2 Å². The summed E-state index contributed by atoms with van der Waals surface area (Å²) in [6.45, 7) is 0. The van der Waals surface area contributed by atoms with Crippen molar-refractivity contribution in [2.75, 3.05) is 5.32 Å². The minimum atomic E-state index is -1.13. The second-order valence-corrected chi connectivity index (χ2v) is 7.11. The lowest BCUT2D eigenvalue weighted by atomic mass is 10.1. The molecule has 1 aromatic heterocycles. The first-order valence-electron chi connectivity index (χ1n) is 8.50. The zero-order chi connectivity index (χ0) is 19.5. The second kappa shape index (κ2) is 7.54. The van der Waals surface area contributed by atoms with E-state index in [2.05, 4.69) is 5.32 Å². The van der Waals surface area contributed by atoms with Gasteiger partial charge in [-0.25, -0.2) is 4.79 Å². The molecule has 6 heteroatoms. The fourth-order valence-corrected chi connectivity index (χ4v) is 3.74. The van der Waals surface area contributed by atoms with Crippen LogP contribution < -0.4 is 10.1 Å². The highest BCUT2D eigenvalue weighted by Gasteiger charge is 2.16. The molecule has 0 saturated heterocycles. The maximum atomic E-state index is 12.7. The molecule has 0 bridgehead atoms. The number of carbonyl (C=O) groups is 2. The van der Waals surface area contributed by atoms with E-state index in [1.165, 1.54) is 23.5 Å². The Labute approximate surface area is 164 Å². The Morgan fingerprint density at radius 2 is 1.61 bits per heavy atom. The first-order valence-corrected chi connectivity index (χ1v) is 9.32. The molecule has 0 unspecified atom stereocenters. The fraction of sp³-hybridized carbons (Fsp3) is 0. The molecule has 138 valence electrons. The molecule has 4 aromatic rings. The molecule has 0 radical (unpaired) electrons. The lowest BCUT2D eigenvalue weighted by molar-refractivity contribution is 0.0698. The number of aromatic carboxylic acids is 1. The number of anilines is 1. The van der Waals surface area contributed by atoms with Crippen LogP contribution in [0.1, 0.15) is 20.0 Å². The van der Waals surface area contributed by atoms with Gasteiger partial charge in [0, 0.05) is 10.8 Å². The van der Waals surface area contributed by atoms with Gasteiger partial charge in [-0.15, -0.1) is 11.3 Å². The monoisotopic (exact) mass is 389 g/mol. The summed E-state index contributed by atoms with van der Waals surface area (Å²) in [5.74, 6) is -0.436. The van der Waals surface area contributed by atoms with Gasteiger partial charge in [0.2, 0.25) is 0 Å². The molecular weight excluding hydrogens is 374 g/mol. The molecule has 0 aliphatic rings. The molecule has 1 heterocycles. The second-order valence-electron chi connectivity index (χ2n) is 6.03. The Kier molecular flexibility index (Phi) is 4.78. The maximum absolute atomic E-state index is 12.7. The van der Waals surface area contributed by atoms with Crippen molar-refractivity contribution in [1.29, 1.82) is 0 Å². The number of carboxylic acid groups (broad SMARTS) is 1. The number of carbonyl (C=O) groups excluding carboxylic acids is 1. The van der Waals surface area contributed by atoms with Crippen molar-refractivity contribution in [1.82, 2.24) is 0 Å². The first-order chi connectivity index (χ1) is 13.6. The predicted octanol–water partition coefficient (Wildman–Crippen LogP) is 5.64. The Hall–Kier alpha value is -3.64. The van der Waals surface area contributed by atoms with E-state index in [4.69, 9.17) is 4.74 Å². The highest BCUT2D eigenvalue weighted by atomic mass is 32.1. The number of ether oxygens (including phenoxy) is 1. The zero-order valence-electron chi connectivity index (χ0n) is 14.6. The van der Waals surface area contributed by atoms with Crippen molar-refractivity contribution in [3.8, 4) is 11.5 Å². The fourth-order valence-electron chi connectivity index (χ4n) is 2.78. The van der Waals surface area contributed by atoms with E-state index >= 15 is 0 Å². The Balaban J connectivity index is 1.63. The third-order valence-electron chi connectivity index (χ3n) is 4.10. The molecule has 28 heavy (non-hydrogen) atoms. The van der Waals surface area contributed by atoms with Gasteiger partial charge in [0.15, 0.2) is 0 Å². The Morgan fingerprint density at radius 3 is 2.36 bits per heavy atom. The minimum absolute atomic E-state index is 0.00475. The molecule has 0 saturated carbocycles. The van der Waals surface area contributed by atoms with Gasteiger partial charge in [-0.1, -0.05) is 36.4 Å². The van der Waals surface area contributed by atoms with Gasteiger partial charge in [0.25, 0.3) is 5.91 Å². The van der Waals surface area contributed by atoms with Crippen LogP contribution in [0.3, 0.4) is 0 Å². The predicted molar refractivity (Wildman–Crippen MR) is 110 cm³/mol. The molecule has 1 amide bonds. The van der Waals surface area contributed by atoms with Gasteiger partial charge in [0.1, 0.15) is 11.5 Å². The summed E-state index contributed by atoms with van der Waals surface area (Å²) in [6, 6.07) is 23.1. The number of carboxylic acids is 1. The average molecular weight is 389 g/mol. The van der Waals surface area contributed by atoms with Crippen LogP contribution in [0.5, 0.6) is 11.5 Å². The van der Waals surface area contributed by atoms with Crippen LogP contribution in [0, 0.1) is 0 Å². The van der Waals surface area contributed by atoms with Gasteiger partial charge < -0.3 is 15.2 Å². The number of hydrogen-bond donors (Lipinski definition) is 2. The van der Waals surface area contributed by atoms with Crippen molar-refractivity contribution >= 4 is 39.0 Å². The Bertz CT molecular complexity index is 1130. The lowest BCUT2D eigenvalue weighted by Crippen LogP contribution is -2.13. The number of thiophene rings is 1. The zero-order valence-corrected chi connectivity index (χ0v) is 15.4. The number of nitrogens with one attached hydrogen (secondary N) is 1. The van der Waals surface area contributed by atoms with E-state index in [1.54, 1.807) is 24.3 Å². The molecule has 5 nitrogen and oxygen atoms in total. The molecule has 2 N–H and O–H groups in total. The third-order valence-corrected chi connectivity index (χ3v) is 5.21. The van der Waals surface area contributed by atoms with Crippen LogP contribution >= 0.6 is 11.3 Å². The summed E-state index contributed by atoms with van der Waals surface area (Å²) in [7, 11) is 0. The van der Waals surface area contributed by atoms with Crippen molar-refractivity contribution < 1.29 is 19.4 Å². The van der Waals surface area contributed by atoms with Crippen LogP contribution in [0.2, 0.25) is 0 Å². The molecular formula is C22H15NO4S. The molecule has 0 fully saturated rings. The number of rotatable bonds is 5. The number of benzene rings is 3.